The van der Waals surface area contributed by atoms with Crippen LogP contribution in [0.3, 0.4) is 0 Å². The quantitative estimate of drug-likeness (QED) is 0.826. The average molecular weight is 219 g/mol. The molecular weight excluding hydrogens is 198 g/mol. The van der Waals surface area contributed by atoms with Gasteiger partial charge in [0.1, 0.15) is 5.75 Å². The molecule has 0 aliphatic carbocycles. The number of ether oxygens (including phenoxy) is 1. The Morgan fingerprint density at radius 1 is 1.38 bits per heavy atom. The van der Waals surface area contributed by atoms with Crippen LogP contribution < -0.4 is 10.1 Å². The molecular formula is C14H21NO. The highest BCUT2D eigenvalue weighted by Crippen LogP contribution is 2.38. The summed E-state index contributed by atoms with van der Waals surface area (Å²) in [6.45, 7) is 8.78. The second kappa shape index (κ2) is 4.46. The molecule has 0 saturated carbocycles. The fourth-order valence-electron chi connectivity index (χ4n) is 2.60. The van der Waals surface area contributed by atoms with E-state index in [9.17, 15) is 0 Å². The minimum atomic E-state index is 0.568. The van der Waals surface area contributed by atoms with E-state index in [0.29, 0.717) is 11.8 Å². The predicted molar refractivity (Wildman–Crippen MR) is 67.0 cm³/mol. The Labute approximate surface area is 98.0 Å². The average Bonchev–Trinajstić information content (AvgIpc) is 2.29. The Hall–Kier alpha value is -1.02. The Kier molecular flexibility index (Phi) is 3.20. The number of aryl methyl sites for hydroxylation is 1. The van der Waals surface area contributed by atoms with Crippen molar-refractivity contribution in [1.82, 2.24) is 5.32 Å². The molecule has 0 fully saturated rings. The van der Waals surface area contributed by atoms with Gasteiger partial charge in [0.2, 0.25) is 0 Å². The molecule has 1 aliphatic heterocycles. The molecule has 88 valence electrons. The standard InChI is InChI=1S/C14H21NO/c1-9(2)11-7-15-8-12-10(3)5-6-13(16-4)14(11)12/h5-6,9,11,15H,7-8H2,1-4H3. The largest absolute Gasteiger partial charge is 0.496 e. The number of fused-ring (bicyclic) bond motifs is 1. The minimum absolute atomic E-state index is 0.568. The smallest absolute Gasteiger partial charge is 0.122 e. The molecule has 0 amide bonds. The first kappa shape index (κ1) is 11.5. The summed E-state index contributed by atoms with van der Waals surface area (Å²) < 4.78 is 5.52. The van der Waals surface area contributed by atoms with Gasteiger partial charge in [-0.1, -0.05) is 19.9 Å². The maximum absolute atomic E-state index is 5.52. The van der Waals surface area contributed by atoms with Gasteiger partial charge in [0, 0.05) is 24.6 Å². The molecule has 1 atom stereocenters. The molecule has 2 rings (SSSR count). The molecule has 1 N–H and O–H groups in total. The van der Waals surface area contributed by atoms with Gasteiger partial charge in [-0.15, -0.1) is 0 Å². The van der Waals surface area contributed by atoms with E-state index < -0.39 is 0 Å². The van der Waals surface area contributed by atoms with Gasteiger partial charge in [-0.05, 0) is 30.0 Å². The number of hydrogen-bond donors (Lipinski definition) is 1. The van der Waals surface area contributed by atoms with Gasteiger partial charge in [-0.2, -0.15) is 0 Å². The Morgan fingerprint density at radius 2 is 2.12 bits per heavy atom. The van der Waals surface area contributed by atoms with Crippen molar-refractivity contribution in [3.8, 4) is 5.75 Å². The van der Waals surface area contributed by atoms with Gasteiger partial charge >= 0.3 is 0 Å². The van der Waals surface area contributed by atoms with Gasteiger partial charge in [-0.3, -0.25) is 0 Å². The summed E-state index contributed by atoms with van der Waals surface area (Å²) in [4.78, 5) is 0. The van der Waals surface area contributed by atoms with Gasteiger partial charge in [0.05, 0.1) is 7.11 Å². The van der Waals surface area contributed by atoms with E-state index in [-0.39, 0.29) is 0 Å². The van der Waals surface area contributed by atoms with Crippen LogP contribution in [0.2, 0.25) is 0 Å². The van der Waals surface area contributed by atoms with Gasteiger partial charge in [0.15, 0.2) is 0 Å². The van der Waals surface area contributed by atoms with Crippen LogP contribution >= 0.6 is 0 Å². The van der Waals surface area contributed by atoms with Crippen LogP contribution in [0.25, 0.3) is 0 Å². The number of hydrogen-bond acceptors (Lipinski definition) is 2. The normalized spacial score (nSPS) is 19.7. The second-order valence-corrected chi connectivity index (χ2v) is 4.96. The van der Waals surface area contributed by atoms with Crippen LogP contribution in [0.1, 0.15) is 36.5 Å². The van der Waals surface area contributed by atoms with Gasteiger partial charge in [-0.25, -0.2) is 0 Å². The van der Waals surface area contributed by atoms with E-state index in [2.05, 4.69) is 38.2 Å². The maximum Gasteiger partial charge on any atom is 0.122 e. The van der Waals surface area contributed by atoms with E-state index >= 15 is 0 Å². The Bertz CT molecular complexity index is 385. The maximum atomic E-state index is 5.52. The van der Waals surface area contributed by atoms with Crippen molar-refractivity contribution >= 4 is 0 Å². The van der Waals surface area contributed by atoms with Gasteiger partial charge in [0.25, 0.3) is 0 Å². The number of nitrogens with one attached hydrogen (secondary N) is 1. The van der Waals surface area contributed by atoms with Crippen molar-refractivity contribution in [3.63, 3.8) is 0 Å². The topological polar surface area (TPSA) is 21.3 Å². The van der Waals surface area contributed by atoms with E-state index in [0.717, 1.165) is 18.8 Å². The van der Waals surface area contributed by atoms with Crippen LogP contribution in [0, 0.1) is 12.8 Å². The van der Waals surface area contributed by atoms with E-state index in [1.807, 2.05) is 0 Å². The SMILES string of the molecule is COc1ccc(C)c2c1C(C(C)C)CNC2. The molecule has 0 bridgehead atoms. The molecule has 1 aromatic rings. The highest BCUT2D eigenvalue weighted by molar-refractivity contribution is 5.48. The Morgan fingerprint density at radius 3 is 2.75 bits per heavy atom. The number of methoxy groups -OCH3 is 1. The van der Waals surface area contributed by atoms with Crippen LogP contribution in [0.15, 0.2) is 12.1 Å². The Balaban J connectivity index is 2.55. The second-order valence-electron chi connectivity index (χ2n) is 4.96. The van der Waals surface area contributed by atoms with E-state index in [1.165, 1.54) is 16.7 Å². The fourth-order valence-corrected chi connectivity index (χ4v) is 2.60. The number of benzene rings is 1. The van der Waals surface area contributed by atoms with Crippen molar-refractivity contribution in [2.24, 2.45) is 5.92 Å². The third-order valence-corrected chi connectivity index (χ3v) is 3.61. The first-order chi connectivity index (χ1) is 7.65. The zero-order chi connectivity index (χ0) is 11.7. The summed E-state index contributed by atoms with van der Waals surface area (Å²) >= 11 is 0. The fraction of sp³-hybridized carbons (Fsp3) is 0.571. The van der Waals surface area contributed by atoms with Crippen LogP contribution in [-0.4, -0.2) is 13.7 Å². The van der Waals surface area contributed by atoms with Crippen LogP contribution in [0.5, 0.6) is 5.75 Å². The molecule has 1 aliphatic rings. The van der Waals surface area contributed by atoms with Crippen molar-refractivity contribution in [2.75, 3.05) is 13.7 Å². The van der Waals surface area contributed by atoms with Crippen molar-refractivity contribution in [2.45, 2.75) is 33.2 Å². The molecule has 0 spiro atoms. The zero-order valence-electron chi connectivity index (χ0n) is 10.6. The third kappa shape index (κ3) is 1.82. The molecule has 16 heavy (non-hydrogen) atoms. The summed E-state index contributed by atoms with van der Waals surface area (Å²) in [6.07, 6.45) is 0. The van der Waals surface area contributed by atoms with Gasteiger partial charge < -0.3 is 10.1 Å². The molecule has 0 saturated heterocycles. The first-order valence-corrected chi connectivity index (χ1v) is 6.02. The summed E-state index contributed by atoms with van der Waals surface area (Å²) in [7, 11) is 1.77. The lowest BCUT2D eigenvalue weighted by Gasteiger charge is -2.31. The lowest BCUT2D eigenvalue weighted by Crippen LogP contribution is -2.31. The summed E-state index contributed by atoms with van der Waals surface area (Å²) in [6, 6.07) is 4.26. The third-order valence-electron chi connectivity index (χ3n) is 3.61. The predicted octanol–water partition coefficient (Wildman–Crippen LogP) is 2.85. The monoisotopic (exact) mass is 219 g/mol. The summed E-state index contributed by atoms with van der Waals surface area (Å²) in [5, 5.41) is 3.51. The lowest BCUT2D eigenvalue weighted by atomic mass is 9.81. The minimum Gasteiger partial charge on any atom is -0.496 e. The molecule has 2 nitrogen and oxygen atoms in total. The van der Waals surface area contributed by atoms with Crippen molar-refractivity contribution in [1.29, 1.82) is 0 Å². The van der Waals surface area contributed by atoms with E-state index in [4.69, 9.17) is 4.74 Å². The first-order valence-electron chi connectivity index (χ1n) is 6.02. The summed E-state index contributed by atoms with van der Waals surface area (Å²) in [5.74, 6) is 2.27. The lowest BCUT2D eigenvalue weighted by molar-refractivity contribution is 0.376. The van der Waals surface area contributed by atoms with E-state index in [1.54, 1.807) is 7.11 Å². The van der Waals surface area contributed by atoms with Crippen LogP contribution in [0.4, 0.5) is 0 Å². The van der Waals surface area contributed by atoms with Crippen molar-refractivity contribution < 1.29 is 4.74 Å². The summed E-state index contributed by atoms with van der Waals surface area (Å²) in [5.41, 5.74) is 4.23. The molecule has 1 aromatic carbocycles. The van der Waals surface area contributed by atoms with Crippen LogP contribution in [-0.2, 0) is 6.54 Å². The highest BCUT2D eigenvalue weighted by Gasteiger charge is 2.26. The molecule has 1 heterocycles. The molecule has 0 radical (unpaired) electrons. The highest BCUT2D eigenvalue weighted by atomic mass is 16.5. The molecule has 2 heteroatoms. The number of rotatable bonds is 2. The molecule has 0 aromatic heterocycles. The van der Waals surface area contributed by atoms with Crippen molar-refractivity contribution in [3.05, 3.63) is 28.8 Å². The molecule has 1 unspecified atom stereocenters. The zero-order valence-corrected chi connectivity index (χ0v) is 10.6.